The number of aryl methyl sites for hydroxylation is 2. The van der Waals surface area contributed by atoms with Gasteiger partial charge < -0.3 is 0 Å². The van der Waals surface area contributed by atoms with Crippen molar-refractivity contribution >= 4 is 17.2 Å². The summed E-state index contributed by atoms with van der Waals surface area (Å²) in [5, 5.41) is 0.258. The highest BCUT2D eigenvalue weighted by Gasteiger charge is 2.16. The molecule has 1 heteroatoms. The van der Waals surface area contributed by atoms with Crippen LogP contribution in [0.4, 0.5) is 0 Å². The smallest absolute Gasteiger partial charge is 0.0525 e. The van der Waals surface area contributed by atoms with Crippen LogP contribution in [0.1, 0.15) is 36.0 Å². The SMILES string of the molecule is ClC1C=C(c2ccc3c(c2)CCC3)CC1. The normalized spacial score (nSPS) is 24.1. The molecule has 1 aromatic rings. The third kappa shape index (κ3) is 1.72. The molecule has 2 aliphatic rings. The van der Waals surface area contributed by atoms with E-state index in [1.54, 1.807) is 11.1 Å². The lowest BCUT2D eigenvalue weighted by molar-refractivity contribution is 0.911. The molecule has 0 N–H and O–H groups in total. The van der Waals surface area contributed by atoms with Gasteiger partial charge >= 0.3 is 0 Å². The van der Waals surface area contributed by atoms with Gasteiger partial charge in [0.25, 0.3) is 0 Å². The zero-order chi connectivity index (χ0) is 10.3. The number of allylic oxidation sites excluding steroid dienone is 2. The fourth-order valence-corrected chi connectivity index (χ4v) is 2.95. The first-order valence-corrected chi connectivity index (χ1v) is 6.23. The Morgan fingerprint density at radius 3 is 2.73 bits per heavy atom. The van der Waals surface area contributed by atoms with Crippen molar-refractivity contribution in [3.63, 3.8) is 0 Å². The van der Waals surface area contributed by atoms with Crippen molar-refractivity contribution in [1.29, 1.82) is 0 Å². The van der Waals surface area contributed by atoms with Crippen molar-refractivity contribution in [2.75, 3.05) is 0 Å². The van der Waals surface area contributed by atoms with Gasteiger partial charge in [0.05, 0.1) is 5.38 Å². The summed E-state index contributed by atoms with van der Waals surface area (Å²) in [6, 6.07) is 6.95. The second kappa shape index (κ2) is 3.68. The molecule has 0 spiro atoms. The lowest BCUT2D eigenvalue weighted by Gasteiger charge is -2.05. The summed E-state index contributed by atoms with van der Waals surface area (Å²) in [6.45, 7) is 0. The third-order valence-corrected chi connectivity index (χ3v) is 3.88. The molecule has 0 amide bonds. The fraction of sp³-hybridized carbons (Fsp3) is 0.429. The predicted molar refractivity (Wildman–Crippen MR) is 65.3 cm³/mol. The summed E-state index contributed by atoms with van der Waals surface area (Å²) in [4.78, 5) is 0. The largest absolute Gasteiger partial charge is 0.118 e. The molecule has 1 unspecified atom stereocenters. The van der Waals surface area contributed by atoms with E-state index in [9.17, 15) is 0 Å². The Bertz CT molecular complexity index is 417. The number of halogens is 1. The number of hydrogen-bond acceptors (Lipinski definition) is 0. The molecule has 2 aliphatic carbocycles. The molecule has 0 bridgehead atoms. The molecule has 0 radical (unpaired) electrons. The number of rotatable bonds is 1. The molecule has 1 atom stereocenters. The Hall–Kier alpha value is -0.750. The minimum atomic E-state index is 0.258. The van der Waals surface area contributed by atoms with E-state index >= 15 is 0 Å². The Balaban J connectivity index is 1.96. The summed E-state index contributed by atoms with van der Waals surface area (Å²) in [5.74, 6) is 0. The van der Waals surface area contributed by atoms with Crippen LogP contribution in [-0.4, -0.2) is 5.38 Å². The van der Waals surface area contributed by atoms with E-state index in [2.05, 4.69) is 24.3 Å². The molecular formula is C14H15Cl. The van der Waals surface area contributed by atoms with Gasteiger partial charge in [0.2, 0.25) is 0 Å². The van der Waals surface area contributed by atoms with Gasteiger partial charge in [0, 0.05) is 0 Å². The summed E-state index contributed by atoms with van der Waals surface area (Å²) in [7, 11) is 0. The quantitative estimate of drug-likeness (QED) is 0.626. The van der Waals surface area contributed by atoms with E-state index in [0.29, 0.717) is 0 Å². The second-order valence-electron chi connectivity index (χ2n) is 4.58. The maximum atomic E-state index is 6.10. The number of hydrogen-bond donors (Lipinski definition) is 0. The lowest BCUT2D eigenvalue weighted by Crippen LogP contribution is -1.86. The predicted octanol–water partition coefficient (Wildman–Crippen LogP) is 3.96. The highest BCUT2D eigenvalue weighted by molar-refractivity contribution is 6.22. The molecule has 3 rings (SSSR count). The van der Waals surface area contributed by atoms with E-state index in [0.717, 1.165) is 12.8 Å². The molecule has 0 heterocycles. The summed E-state index contributed by atoms with van der Waals surface area (Å²) < 4.78 is 0. The topological polar surface area (TPSA) is 0 Å². The molecule has 78 valence electrons. The Labute approximate surface area is 96.0 Å². The van der Waals surface area contributed by atoms with Crippen LogP contribution in [0.5, 0.6) is 0 Å². The number of alkyl halides is 1. The fourth-order valence-electron chi connectivity index (χ4n) is 2.69. The van der Waals surface area contributed by atoms with Gasteiger partial charge in [-0.1, -0.05) is 24.3 Å². The van der Waals surface area contributed by atoms with Crippen LogP contribution < -0.4 is 0 Å². The van der Waals surface area contributed by atoms with Crippen LogP contribution in [0.3, 0.4) is 0 Å². The standard InChI is InChI=1S/C14H15Cl/c15-14-7-6-13(9-14)12-5-4-10-2-1-3-11(10)8-12/h4-5,8-9,14H,1-3,6-7H2. The number of benzene rings is 1. The van der Waals surface area contributed by atoms with Crippen LogP contribution in [0.2, 0.25) is 0 Å². The first-order chi connectivity index (χ1) is 7.33. The lowest BCUT2D eigenvalue weighted by atomic mass is 10.0. The Morgan fingerprint density at radius 2 is 1.93 bits per heavy atom. The van der Waals surface area contributed by atoms with Crippen molar-refractivity contribution in [3.8, 4) is 0 Å². The molecule has 0 saturated carbocycles. The van der Waals surface area contributed by atoms with Crippen molar-refractivity contribution in [3.05, 3.63) is 41.0 Å². The zero-order valence-electron chi connectivity index (χ0n) is 8.80. The van der Waals surface area contributed by atoms with E-state index in [1.807, 2.05) is 0 Å². The van der Waals surface area contributed by atoms with E-state index < -0.39 is 0 Å². The minimum Gasteiger partial charge on any atom is -0.118 e. The first kappa shape index (κ1) is 9.47. The molecule has 0 nitrogen and oxygen atoms in total. The molecule has 0 fully saturated rings. The van der Waals surface area contributed by atoms with Gasteiger partial charge in [0.15, 0.2) is 0 Å². The maximum absolute atomic E-state index is 6.10. The van der Waals surface area contributed by atoms with Gasteiger partial charge in [-0.15, -0.1) is 11.6 Å². The first-order valence-electron chi connectivity index (χ1n) is 5.80. The average Bonchev–Trinajstić information content (AvgIpc) is 2.84. The highest BCUT2D eigenvalue weighted by atomic mass is 35.5. The molecule has 15 heavy (non-hydrogen) atoms. The van der Waals surface area contributed by atoms with Crippen LogP contribution in [0, 0.1) is 0 Å². The van der Waals surface area contributed by atoms with Crippen molar-refractivity contribution in [2.45, 2.75) is 37.5 Å². The van der Waals surface area contributed by atoms with Gasteiger partial charge in [0.1, 0.15) is 0 Å². The van der Waals surface area contributed by atoms with Gasteiger partial charge in [-0.05, 0) is 54.4 Å². The van der Waals surface area contributed by atoms with Crippen LogP contribution in [-0.2, 0) is 12.8 Å². The van der Waals surface area contributed by atoms with Gasteiger partial charge in [-0.3, -0.25) is 0 Å². The van der Waals surface area contributed by atoms with Crippen LogP contribution in [0.15, 0.2) is 24.3 Å². The summed E-state index contributed by atoms with van der Waals surface area (Å²) in [5.41, 5.74) is 5.97. The Kier molecular flexibility index (Phi) is 2.32. The summed E-state index contributed by atoms with van der Waals surface area (Å²) in [6.07, 6.45) is 8.34. The van der Waals surface area contributed by atoms with Crippen LogP contribution in [0.25, 0.3) is 5.57 Å². The molecular weight excluding hydrogens is 204 g/mol. The van der Waals surface area contributed by atoms with Gasteiger partial charge in [-0.25, -0.2) is 0 Å². The second-order valence-corrected chi connectivity index (χ2v) is 5.14. The average molecular weight is 219 g/mol. The molecule has 0 saturated heterocycles. The molecule has 0 aromatic heterocycles. The third-order valence-electron chi connectivity index (χ3n) is 3.54. The van der Waals surface area contributed by atoms with Gasteiger partial charge in [-0.2, -0.15) is 0 Å². The van der Waals surface area contributed by atoms with Crippen molar-refractivity contribution < 1.29 is 0 Å². The molecule has 0 aliphatic heterocycles. The van der Waals surface area contributed by atoms with E-state index in [4.69, 9.17) is 11.6 Å². The van der Waals surface area contributed by atoms with Crippen molar-refractivity contribution in [2.24, 2.45) is 0 Å². The maximum Gasteiger partial charge on any atom is 0.0525 e. The van der Waals surface area contributed by atoms with E-state index in [1.165, 1.54) is 30.4 Å². The van der Waals surface area contributed by atoms with Crippen molar-refractivity contribution in [1.82, 2.24) is 0 Å². The van der Waals surface area contributed by atoms with Crippen LogP contribution >= 0.6 is 11.6 Å². The van der Waals surface area contributed by atoms with E-state index in [-0.39, 0.29) is 5.38 Å². The minimum absolute atomic E-state index is 0.258. The monoisotopic (exact) mass is 218 g/mol. The molecule has 1 aromatic carbocycles. The summed E-state index contributed by atoms with van der Waals surface area (Å²) >= 11 is 6.10. The highest BCUT2D eigenvalue weighted by Crippen LogP contribution is 2.33. The number of fused-ring (bicyclic) bond motifs is 1. The Morgan fingerprint density at radius 1 is 1.07 bits per heavy atom. The zero-order valence-corrected chi connectivity index (χ0v) is 9.56.